The van der Waals surface area contributed by atoms with E-state index in [9.17, 15) is 36.1 Å². The molecule has 0 bridgehead atoms. The Morgan fingerprint density at radius 2 is 1.67 bits per heavy atom. The molecular weight excluding hydrogens is 454 g/mol. The molecule has 0 saturated carbocycles. The van der Waals surface area contributed by atoms with Gasteiger partial charge in [-0.3, -0.25) is 10.1 Å². The molecule has 1 fully saturated rings. The number of alkyl halides is 3. The van der Waals surface area contributed by atoms with Crippen LogP contribution in [0.2, 0.25) is 5.02 Å². The maximum Gasteiger partial charge on any atom is 0.416 e. The minimum atomic E-state index is -4.73. The predicted octanol–water partition coefficient (Wildman–Crippen LogP) is 3.92. The monoisotopic (exact) mass is 467 g/mol. The van der Waals surface area contributed by atoms with Gasteiger partial charge in [-0.25, -0.2) is 12.8 Å². The summed E-state index contributed by atoms with van der Waals surface area (Å²) >= 11 is 5.84. The van der Waals surface area contributed by atoms with Gasteiger partial charge in [0.05, 0.1) is 15.5 Å². The van der Waals surface area contributed by atoms with Crippen LogP contribution in [0.3, 0.4) is 0 Å². The smallest absolute Gasteiger partial charge is 0.363 e. The van der Waals surface area contributed by atoms with Crippen LogP contribution in [0.15, 0.2) is 41.3 Å². The molecule has 1 saturated heterocycles. The van der Waals surface area contributed by atoms with Crippen molar-refractivity contribution in [2.24, 2.45) is 0 Å². The molecule has 0 atom stereocenters. The third-order valence-electron chi connectivity index (χ3n) is 4.59. The molecule has 0 N–H and O–H groups in total. The summed E-state index contributed by atoms with van der Waals surface area (Å²) in [6.07, 6.45) is -4.73. The number of benzene rings is 2. The second-order valence-electron chi connectivity index (χ2n) is 6.42. The van der Waals surface area contributed by atoms with E-state index < -0.39 is 38.2 Å². The summed E-state index contributed by atoms with van der Waals surface area (Å²) in [5.74, 6) is -0.696. The minimum absolute atomic E-state index is 0.00421. The van der Waals surface area contributed by atoms with Gasteiger partial charge in [0.15, 0.2) is 0 Å². The molecule has 0 unspecified atom stereocenters. The van der Waals surface area contributed by atoms with E-state index in [0.29, 0.717) is 6.07 Å². The van der Waals surface area contributed by atoms with E-state index >= 15 is 0 Å². The maximum atomic E-state index is 13.2. The van der Waals surface area contributed by atoms with E-state index in [1.165, 1.54) is 4.90 Å². The quantitative estimate of drug-likeness (QED) is 0.386. The van der Waals surface area contributed by atoms with E-state index in [4.69, 9.17) is 11.6 Å². The molecule has 0 aliphatic carbocycles. The summed E-state index contributed by atoms with van der Waals surface area (Å²) in [5, 5.41) is 11.0. The number of piperazine rings is 1. The van der Waals surface area contributed by atoms with E-state index in [-0.39, 0.29) is 41.8 Å². The van der Waals surface area contributed by atoms with E-state index in [0.717, 1.165) is 34.6 Å². The third-order valence-corrected chi connectivity index (χ3v) is 6.97. The third kappa shape index (κ3) is 4.35. The summed E-state index contributed by atoms with van der Waals surface area (Å²) in [6.45, 7) is -0.170. The van der Waals surface area contributed by atoms with Crippen molar-refractivity contribution in [3.8, 4) is 0 Å². The number of halogens is 5. The zero-order valence-electron chi connectivity index (χ0n) is 15.1. The van der Waals surface area contributed by atoms with Gasteiger partial charge < -0.3 is 4.90 Å². The minimum Gasteiger partial charge on any atom is -0.363 e. The Bertz CT molecular complexity index is 1090. The van der Waals surface area contributed by atoms with Gasteiger partial charge in [0, 0.05) is 32.2 Å². The fraction of sp³-hybridized carbons (Fsp3) is 0.294. The lowest BCUT2D eigenvalue weighted by Gasteiger charge is -2.35. The number of nitro groups is 1. The van der Waals surface area contributed by atoms with Crippen molar-refractivity contribution in [1.29, 1.82) is 0 Å². The van der Waals surface area contributed by atoms with Gasteiger partial charge in [0.1, 0.15) is 16.4 Å². The number of rotatable bonds is 4. The highest BCUT2D eigenvalue weighted by Crippen LogP contribution is 2.37. The van der Waals surface area contributed by atoms with Crippen molar-refractivity contribution in [2.45, 2.75) is 11.1 Å². The highest BCUT2D eigenvalue weighted by molar-refractivity contribution is 7.89. The number of hydrogen-bond donors (Lipinski definition) is 0. The first-order valence-electron chi connectivity index (χ1n) is 8.47. The van der Waals surface area contributed by atoms with Crippen LogP contribution >= 0.6 is 11.6 Å². The molecule has 0 aromatic heterocycles. The topological polar surface area (TPSA) is 83.8 Å². The highest BCUT2D eigenvalue weighted by Gasteiger charge is 2.35. The Kier molecular flexibility index (Phi) is 5.94. The Balaban J connectivity index is 1.82. The lowest BCUT2D eigenvalue weighted by atomic mass is 10.1. The molecule has 1 aliphatic rings. The molecule has 13 heteroatoms. The summed E-state index contributed by atoms with van der Waals surface area (Å²) in [7, 11) is -4.04. The lowest BCUT2D eigenvalue weighted by molar-refractivity contribution is -0.384. The zero-order valence-corrected chi connectivity index (χ0v) is 16.6. The maximum absolute atomic E-state index is 13.2. The van der Waals surface area contributed by atoms with Crippen molar-refractivity contribution >= 4 is 33.0 Å². The molecule has 0 spiro atoms. The van der Waals surface area contributed by atoms with Crippen LogP contribution in [0.4, 0.5) is 28.9 Å². The van der Waals surface area contributed by atoms with Crippen molar-refractivity contribution in [3.05, 3.63) is 62.9 Å². The first kappa shape index (κ1) is 22.2. The Morgan fingerprint density at radius 1 is 1.03 bits per heavy atom. The summed E-state index contributed by atoms with van der Waals surface area (Å²) in [6, 6.07) is 5.07. The van der Waals surface area contributed by atoms with Gasteiger partial charge in [0.2, 0.25) is 10.0 Å². The molecule has 7 nitrogen and oxygen atoms in total. The number of nitro benzene ring substituents is 1. The van der Waals surface area contributed by atoms with Gasteiger partial charge >= 0.3 is 6.18 Å². The van der Waals surface area contributed by atoms with Crippen LogP contribution in [-0.2, 0) is 16.2 Å². The average Bonchev–Trinajstić information content (AvgIpc) is 2.66. The van der Waals surface area contributed by atoms with Gasteiger partial charge in [-0.15, -0.1) is 0 Å². The molecule has 1 heterocycles. The molecule has 2 aromatic rings. The molecule has 3 rings (SSSR count). The summed E-state index contributed by atoms with van der Waals surface area (Å²) in [5.41, 5.74) is -1.90. The SMILES string of the molecule is O=[N+]([O-])c1cc(C(F)(F)F)ccc1N1CCN(S(=O)(=O)c2ccc(F)cc2Cl)CC1. The van der Waals surface area contributed by atoms with Crippen molar-refractivity contribution in [2.75, 3.05) is 31.1 Å². The highest BCUT2D eigenvalue weighted by atomic mass is 35.5. The van der Waals surface area contributed by atoms with Gasteiger partial charge in [-0.1, -0.05) is 11.6 Å². The molecular formula is C17H14ClF4N3O4S. The Morgan fingerprint density at radius 3 is 2.20 bits per heavy atom. The van der Waals surface area contributed by atoms with Crippen LogP contribution in [0, 0.1) is 15.9 Å². The van der Waals surface area contributed by atoms with Crippen molar-refractivity contribution in [3.63, 3.8) is 0 Å². The normalized spacial score (nSPS) is 16.0. The van der Waals surface area contributed by atoms with Crippen molar-refractivity contribution < 1.29 is 30.9 Å². The van der Waals surface area contributed by atoms with Gasteiger partial charge in [-0.05, 0) is 30.3 Å². The molecule has 0 amide bonds. The molecule has 1 aliphatic heterocycles. The summed E-state index contributed by atoms with van der Waals surface area (Å²) in [4.78, 5) is 11.5. The van der Waals surface area contributed by atoms with Crippen LogP contribution in [0.25, 0.3) is 0 Å². The first-order valence-corrected chi connectivity index (χ1v) is 10.3. The largest absolute Gasteiger partial charge is 0.416 e. The second kappa shape index (κ2) is 8.00. The summed E-state index contributed by atoms with van der Waals surface area (Å²) < 4.78 is 78.4. The fourth-order valence-electron chi connectivity index (χ4n) is 3.11. The van der Waals surface area contributed by atoms with Crippen LogP contribution in [-0.4, -0.2) is 43.8 Å². The fourth-order valence-corrected chi connectivity index (χ4v) is 5.03. The molecule has 2 aromatic carbocycles. The first-order chi connectivity index (χ1) is 13.9. The Labute approximate surface area is 173 Å². The predicted molar refractivity (Wildman–Crippen MR) is 100 cm³/mol. The number of sulfonamides is 1. The van der Waals surface area contributed by atoms with Crippen LogP contribution < -0.4 is 4.90 Å². The zero-order chi connectivity index (χ0) is 22.3. The molecule has 0 radical (unpaired) electrons. The van der Waals surface area contributed by atoms with Crippen LogP contribution in [0.5, 0.6) is 0 Å². The standard InChI is InChI=1S/C17H14ClF4N3O4S/c18-13-10-12(19)2-4-16(13)30(28,29)24-7-5-23(6-8-24)14-3-1-11(17(20,21)22)9-15(14)25(26)27/h1-4,9-10H,5-8H2. The molecule has 30 heavy (non-hydrogen) atoms. The van der Waals surface area contributed by atoms with E-state index in [1.54, 1.807) is 0 Å². The number of anilines is 1. The Hall–Kier alpha value is -2.44. The van der Waals surface area contributed by atoms with Crippen molar-refractivity contribution in [1.82, 2.24) is 4.31 Å². The average molecular weight is 468 g/mol. The number of nitrogens with zero attached hydrogens (tertiary/aromatic N) is 3. The van der Waals surface area contributed by atoms with Crippen LogP contribution in [0.1, 0.15) is 5.56 Å². The van der Waals surface area contributed by atoms with Gasteiger partial charge in [-0.2, -0.15) is 17.5 Å². The lowest BCUT2D eigenvalue weighted by Crippen LogP contribution is -2.48. The second-order valence-corrected chi connectivity index (χ2v) is 8.74. The van der Waals surface area contributed by atoms with E-state index in [1.807, 2.05) is 0 Å². The van der Waals surface area contributed by atoms with E-state index in [2.05, 4.69) is 0 Å². The number of hydrogen-bond acceptors (Lipinski definition) is 5. The molecule has 162 valence electrons. The van der Waals surface area contributed by atoms with Gasteiger partial charge in [0.25, 0.3) is 5.69 Å².